The molecule has 1 aromatic heterocycles. The van der Waals surface area contributed by atoms with Gasteiger partial charge in [0, 0.05) is 13.0 Å². The van der Waals surface area contributed by atoms with Gasteiger partial charge in [0.2, 0.25) is 0 Å². The topological polar surface area (TPSA) is 43.6 Å². The second kappa shape index (κ2) is 2.04. The second-order valence-electron chi connectivity index (χ2n) is 2.92. The Morgan fingerprint density at radius 3 is 3.40 bits per heavy atom. The van der Waals surface area contributed by atoms with Crippen molar-refractivity contribution in [1.82, 2.24) is 20.2 Å². The predicted octanol–water partition coefficient (Wildman–Crippen LogP) is 0.255. The average molecular weight is 138 g/mol. The van der Waals surface area contributed by atoms with Gasteiger partial charge < -0.3 is 0 Å². The van der Waals surface area contributed by atoms with Crippen molar-refractivity contribution in [2.24, 2.45) is 5.92 Å². The van der Waals surface area contributed by atoms with Crippen LogP contribution >= 0.6 is 0 Å². The molecule has 1 aliphatic rings. The van der Waals surface area contributed by atoms with Crippen LogP contribution < -0.4 is 0 Å². The SMILES string of the molecule is CC1CCn2nnnc2C1. The molecule has 0 aliphatic carbocycles. The first-order chi connectivity index (χ1) is 4.86. The minimum atomic E-state index is 0.749. The lowest BCUT2D eigenvalue weighted by Gasteiger charge is -2.16. The van der Waals surface area contributed by atoms with Crippen molar-refractivity contribution in [2.45, 2.75) is 26.3 Å². The minimum Gasteiger partial charge on any atom is -0.230 e. The van der Waals surface area contributed by atoms with Crippen LogP contribution in [-0.2, 0) is 13.0 Å². The molecule has 0 bridgehead atoms. The van der Waals surface area contributed by atoms with E-state index in [4.69, 9.17) is 0 Å². The molecule has 4 nitrogen and oxygen atoms in total. The Kier molecular flexibility index (Phi) is 1.19. The quantitative estimate of drug-likeness (QED) is 0.516. The van der Waals surface area contributed by atoms with Crippen LogP contribution in [0.3, 0.4) is 0 Å². The van der Waals surface area contributed by atoms with E-state index in [2.05, 4.69) is 22.4 Å². The van der Waals surface area contributed by atoms with E-state index in [-0.39, 0.29) is 0 Å². The summed E-state index contributed by atoms with van der Waals surface area (Å²) in [4.78, 5) is 0. The first kappa shape index (κ1) is 5.82. The van der Waals surface area contributed by atoms with E-state index in [9.17, 15) is 0 Å². The van der Waals surface area contributed by atoms with E-state index < -0.39 is 0 Å². The minimum absolute atomic E-state index is 0.749. The van der Waals surface area contributed by atoms with Gasteiger partial charge in [0.15, 0.2) is 5.82 Å². The molecule has 1 unspecified atom stereocenters. The number of aryl methyl sites for hydroxylation is 1. The van der Waals surface area contributed by atoms with Gasteiger partial charge in [0.1, 0.15) is 0 Å². The Balaban J connectivity index is 2.30. The zero-order chi connectivity index (χ0) is 6.97. The maximum atomic E-state index is 3.91. The Labute approximate surface area is 59.2 Å². The summed E-state index contributed by atoms with van der Waals surface area (Å²) in [6.07, 6.45) is 2.24. The summed E-state index contributed by atoms with van der Waals surface area (Å²) in [7, 11) is 0. The van der Waals surface area contributed by atoms with E-state index >= 15 is 0 Å². The molecule has 0 spiro atoms. The number of rotatable bonds is 0. The molecule has 0 fully saturated rings. The molecule has 10 heavy (non-hydrogen) atoms. The van der Waals surface area contributed by atoms with E-state index in [0.29, 0.717) is 0 Å². The highest BCUT2D eigenvalue weighted by Crippen LogP contribution is 2.15. The third kappa shape index (κ3) is 0.798. The summed E-state index contributed by atoms with van der Waals surface area (Å²) < 4.78 is 1.89. The molecule has 0 aromatic carbocycles. The Morgan fingerprint density at radius 1 is 1.60 bits per heavy atom. The number of hydrogen-bond acceptors (Lipinski definition) is 3. The first-order valence-electron chi connectivity index (χ1n) is 3.61. The summed E-state index contributed by atoms with van der Waals surface area (Å²) in [5.74, 6) is 1.79. The monoisotopic (exact) mass is 138 g/mol. The van der Waals surface area contributed by atoms with Crippen LogP contribution in [0.25, 0.3) is 0 Å². The van der Waals surface area contributed by atoms with Gasteiger partial charge >= 0.3 is 0 Å². The predicted molar refractivity (Wildman–Crippen MR) is 35.3 cm³/mol. The van der Waals surface area contributed by atoms with Crippen molar-refractivity contribution in [2.75, 3.05) is 0 Å². The van der Waals surface area contributed by atoms with Gasteiger partial charge in [-0.1, -0.05) is 6.92 Å². The third-order valence-corrected chi connectivity index (χ3v) is 1.97. The summed E-state index contributed by atoms with van der Waals surface area (Å²) >= 11 is 0. The van der Waals surface area contributed by atoms with E-state index in [1.54, 1.807) is 0 Å². The first-order valence-corrected chi connectivity index (χ1v) is 3.61. The normalized spacial score (nSPS) is 24.3. The highest BCUT2D eigenvalue weighted by molar-refractivity contribution is 4.86. The zero-order valence-corrected chi connectivity index (χ0v) is 5.99. The van der Waals surface area contributed by atoms with E-state index in [0.717, 1.165) is 24.7 Å². The number of aromatic nitrogens is 4. The van der Waals surface area contributed by atoms with Crippen molar-refractivity contribution < 1.29 is 0 Å². The Hall–Kier alpha value is -0.930. The van der Waals surface area contributed by atoms with E-state index in [1.807, 2.05) is 4.68 Å². The molecule has 0 amide bonds. The van der Waals surface area contributed by atoms with Gasteiger partial charge in [0.05, 0.1) is 0 Å². The zero-order valence-electron chi connectivity index (χ0n) is 5.99. The van der Waals surface area contributed by atoms with Gasteiger partial charge in [-0.15, -0.1) is 5.10 Å². The van der Waals surface area contributed by atoms with Crippen LogP contribution in [-0.4, -0.2) is 20.2 Å². The van der Waals surface area contributed by atoms with Crippen LogP contribution in [0, 0.1) is 5.92 Å². The van der Waals surface area contributed by atoms with Gasteiger partial charge in [-0.2, -0.15) is 0 Å². The van der Waals surface area contributed by atoms with Gasteiger partial charge in [-0.05, 0) is 22.8 Å². The fraction of sp³-hybridized carbons (Fsp3) is 0.833. The van der Waals surface area contributed by atoms with Crippen LogP contribution in [0.2, 0.25) is 0 Å². The van der Waals surface area contributed by atoms with Crippen LogP contribution in [0.1, 0.15) is 19.2 Å². The summed E-state index contributed by atoms with van der Waals surface area (Å²) in [6, 6.07) is 0. The summed E-state index contributed by atoms with van der Waals surface area (Å²) in [6.45, 7) is 3.22. The fourth-order valence-corrected chi connectivity index (χ4v) is 1.30. The van der Waals surface area contributed by atoms with Crippen molar-refractivity contribution in [3.05, 3.63) is 5.82 Å². The lowest BCUT2D eigenvalue weighted by atomic mass is 10.0. The molecule has 2 heterocycles. The fourth-order valence-electron chi connectivity index (χ4n) is 1.30. The van der Waals surface area contributed by atoms with Crippen LogP contribution in [0.15, 0.2) is 0 Å². The molecule has 1 atom stereocenters. The van der Waals surface area contributed by atoms with Crippen molar-refractivity contribution in [1.29, 1.82) is 0 Å². The maximum Gasteiger partial charge on any atom is 0.151 e. The molecule has 4 heteroatoms. The smallest absolute Gasteiger partial charge is 0.151 e. The van der Waals surface area contributed by atoms with Crippen LogP contribution in [0.4, 0.5) is 0 Å². The molecule has 2 rings (SSSR count). The summed E-state index contributed by atoms with van der Waals surface area (Å²) in [5, 5.41) is 11.4. The number of tetrazole rings is 1. The molecular weight excluding hydrogens is 128 g/mol. The Morgan fingerprint density at radius 2 is 2.50 bits per heavy atom. The van der Waals surface area contributed by atoms with Crippen LogP contribution in [0.5, 0.6) is 0 Å². The number of hydrogen-bond donors (Lipinski definition) is 0. The maximum absolute atomic E-state index is 3.91. The Bertz CT molecular complexity index is 229. The molecular formula is C6H10N4. The molecule has 0 radical (unpaired) electrons. The van der Waals surface area contributed by atoms with Crippen molar-refractivity contribution in [3.63, 3.8) is 0 Å². The largest absolute Gasteiger partial charge is 0.230 e. The number of nitrogens with zero attached hydrogens (tertiary/aromatic N) is 4. The molecule has 54 valence electrons. The third-order valence-electron chi connectivity index (χ3n) is 1.97. The molecule has 0 N–H and O–H groups in total. The van der Waals surface area contributed by atoms with Gasteiger partial charge in [-0.3, -0.25) is 0 Å². The molecule has 0 saturated carbocycles. The average Bonchev–Trinajstić information content (AvgIpc) is 2.33. The lowest BCUT2D eigenvalue weighted by molar-refractivity contribution is 0.384. The molecule has 1 aliphatic heterocycles. The highest BCUT2D eigenvalue weighted by Gasteiger charge is 2.16. The van der Waals surface area contributed by atoms with E-state index in [1.165, 1.54) is 6.42 Å². The molecule has 0 saturated heterocycles. The van der Waals surface area contributed by atoms with Gasteiger partial charge in [0.25, 0.3) is 0 Å². The van der Waals surface area contributed by atoms with Gasteiger partial charge in [-0.25, -0.2) is 4.68 Å². The standard InChI is InChI=1S/C6H10N4/c1-5-2-3-10-6(4-5)7-8-9-10/h5H,2-4H2,1H3. The van der Waals surface area contributed by atoms with Crippen molar-refractivity contribution >= 4 is 0 Å². The number of fused-ring (bicyclic) bond motifs is 1. The second-order valence-corrected chi connectivity index (χ2v) is 2.92. The lowest BCUT2D eigenvalue weighted by Crippen LogP contribution is -2.18. The van der Waals surface area contributed by atoms with Crippen molar-refractivity contribution in [3.8, 4) is 0 Å². The summed E-state index contributed by atoms with van der Waals surface area (Å²) in [5.41, 5.74) is 0. The highest BCUT2D eigenvalue weighted by atomic mass is 15.5. The molecule has 1 aromatic rings.